The van der Waals surface area contributed by atoms with Gasteiger partial charge in [0.25, 0.3) is 0 Å². The van der Waals surface area contributed by atoms with Crippen molar-refractivity contribution in [3.63, 3.8) is 0 Å². The molecule has 110 valence electrons. The van der Waals surface area contributed by atoms with Gasteiger partial charge >= 0.3 is 0 Å². The zero-order chi connectivity index (χ0) is 14.9. The summed E-state index contributed by atoms with van der Waals surface area (Å²) in [7, 11) is 0. The number of hydrogen-bond acceptors (Lipinski definition) is 2. The third-order valence-corrected chi connectivity index (χ3v) is 3.45. The van der Waals surface area contributed by atoms with Gasteiger partial charge in [0.1, 0.15) is 0 Å². The van der Waals surface area contributed by atoms with Crippen molar-refractivity contribution in [1.29, 1.82) is 0 Å². The van der Waals surface area contributed by atoms with Crippen LogP contribution in [0.4, 0.5) is 5.69 Å². The van der Waals surface area contributed by atoms with E-state index in [1.165, 1.54) is 5.56 Å². The monoisotopic (exact) mass is 300 g/mol. The Hall–Kier alpha value is -1.77. The van der Waals surface area contributed by atoms with E-state index < -0.39 is 0 Å². The van der Waals surface area contributed by atoms with Crippen LogP contribution in [0.5, 0.6) is 0 Å². The average Bonchev–Trinajstić information content (AvgIpc) is 2.52. The first-order chi connectivity index (χ1) is 10.3. The standard InChI is InChI=1S/C18H21ClN2/c19-17-10-11-18(16(13-17)9-5-2-6-12-20)21-14-15-7-3-1-4-8-15/h1,3-5,7-11,13,21H,2,6,12,14,20H2/b9-5+. The molecular formula is C18H21ClN2. The van der Waals surface area contributed by atoms with Crippen molar-refractivity contribution in [3.05, 3.63) is 70.8 Å². The normalized spacial score (nSPS) is 11.0. The van der Waals surface area contributed by atoms with Gasteiger partial charge in [0.15, 0.2) is 0 Å². The summed E-state index contributed by atoms with van der Waals surface area (Å²) in [5.41, 5.74) is 8.96. The summed E-state index contributed by atoms with van der Waals surface area (Å²) < 4.78 is 0. The molecule has 0 aliphatic carbocycles. The largest absolute Gasteiger partial charge is 0.380 e. The zero-order valence-electron chi connectivity index (χ0n) is 12.1. The second-order valence-electron chi connectivity index (χ2n) is 4.90. The summed E-state index contributed by atoms with van der Waals surface area (Å²) in [5.74, 6) is 0. The van der Waals surface area contributed by atoms with E-state index in [4.69, 9.17) is 17.3 Å². The molecule has 0 saturated carbocycles. The minimum Gasteiger partial charge on any atom is -0.380 e. The Bertz CT molecular complexity index is 579. The highest BCUT2D eigenvalue weighted by molar-refractivity contribution is 6.30. The molecule has 0 heterocycles. The Balaban J connectivity index is 2.05. The van der Waals surface area contributed by atoms with E-state index in [9.17, 15) is 0 Å². The van der Waals surface area contributed by atoms with Crippen LogP contribution in [0.2, 0.25) is 5.02 Å². The fourth-order valence-corrected chi connectivity index (χ4v) is 2.25. The smallest absolute Gasteiger partial charge is 0.0417 e. The molecule has 0 bridgehead atoms. The van der Waals surface area contributed by atoms with Crippen molar-refractivity contribution >= 4 is 23.4 Å². The molecule has 2 rings (SSSR count). The zero-order valence-corrected chi connectivity index (χ0v) is 12.8. The van der Waals surface area contributed by atoms with Crippen LogP contribution in [-0.2, 0) is 6.54 Å². The molecule has 0 saturated heterocycles. The van der Waals surface area contributed by atoms with Gasteiger partial charge in [-0.15, -0.1) is 0 Å². The lowest BCUT2D eigenvalue weighted by Crippen LogP contribution is -2.00. The molecule has 21 heavy (non-hydrogen) atoms. The number of rotatable bonds is 7. The van der Waals surface area contributed by atoms with Gasteiger partial charge in [0, 0.05) is 17.3 Å². The van der Waals surface area contributed by atoms with Crippen LogP contribution in [-0.4, -0.2) is 6.54 Å². The van der Waals surface area contributed by atoms with E-state index in [2.05, 4.69) is 29.6 Å². The molecule has 2 aromatic carbocycles. The molecule has 0 aliphatic heterocycles. The van der Waals surface area contributed by atoms with E-state index in [0.717, 1.165) is 42.2 Å². The highest BCUT2D eigenvalue weighted by Gasteiger charge is 2.01. The Morgan fingerprint density at radius 3 is 2.67 bits per heavy atom. The Morgan fingerprint density at radius 1 is 1.10 bits per heavy atom. The fourth-order valence-electron chi connectivity index (χ4n) is 2.07. The molecular weight excluding hydrogens is 280 g/mol. The van der Waals surface area contributed by atoms with Gasteiger partial charge < -0.3 is 11.1 Å². The number of halogens is 1. The molecule has 0 spiro atoms. The Morgan fingerprint density at radius 2 is 1.90 bits per heavy atom. The van der Waals surface area contributed by atoms with Gasteiger partial charge in [0.2, 0.25) is 0 Å². The quantitative estimate of drug-likeness (QED) is 0.727. The van der Waals surface area contributed by atoms with Gasteiger partial charge in [-0.05, 0) is 48.7 Å². The topological polar surface area (TPSA) is 38.0 Å². The predicted molar refractivity (Wildman–Crippen MR) is 92.5 cm³/mol. The molecule has 0 fully saturated rings. The molecule has 0 radical (unpaired) electrons. The first-order valence-electron chi connectivity index (χ1n) is 7.23. The second kappa shape index (κ2) is 8.50. The van der Waals surface area contributed by atoms with Crippen molar-refractivity contribution in [2.45, 2.75) is 19.4 Å². The number of nitrogens with one attached hydrogen (secondary N) is 1. The van der Waals surface area contributed by atoms with Gasteiger partial charge in [0.05, 0.1) is 0 Å². The maximum Gasteiger partial charge on any atom is 0.0417 e. The van der Waals surface area contributed by atoms with E-state index >= 15 is 0 Å². The van der Waals surface area contributed by atoms with E-state index in [0.29, 0.717) is 0 Å². The molecule has 3 heteroatoms. The minimum absolute atomic E-state index is 0.721. The van der Waals surface area contributed by atoms with E-state index in [1.807, 2.05) is 36.4 Å². The summed E-state index contributed by atoms with van der Waals surface area (Å²) in [6, 6.07) is 16.3. The Kier molecular flexibility index (Phi) is 6.32. The van der Waals surface area contributed by atoms with Crippen molar-refractivity contribution in [2.75, 3.05) is 11.9 Å². The maximum atomic E-state index is 6.09. The third kappa shape index (κ3) is 5.25. The summed E-state index contributed by atoms with van der Waals surface area (Å²) in [6.45, 7) is 1.52. The molecule has 0 aliphatic rings. The highest BCUT2D eigenvalue weighted by atomic mass is 35.5. The van der Waals surface area contributed by atoms with E-state index in [1.54, 1.807) is 0 Å². The SMILES string of the molecule is NCCC/C=C/c1cc(Cl)ccc1NCc1ccccc1. The molecule has 2 aromatic rings. The molecule has 3 N–H and O–H groups in total. The maximum absolute atomic E-state index is 6.09. The van der Waals surface area contributed by atoms with Crippen molar-refractivity contribution in [1.82, 2.24) is 0 Å². The van der Waals surface area contributed by atoms with Crippen LogP contribution < -0.4 is 11.1 Å². The molecule has 0 unspecified atom stereocenters. The minimum atomic E-state index is 0.721. The van der Waals surface area contributed by atoms with Crippen LogP contribution in [0, 0.1) is 0 Å². The number of allylic oxidation sites excluding steroid dienone is 1. The molecule has 0 aromatic heterocycles. The summed E-state index contributed by atoms with van der Waals surface area (Å²) >= 11 is 6.09. The van der Waals surface area contributed by atoms with Gasteiger partial charge in [-0.25, -0.2) is 0 Å². The first-order valence-corrected chi connectivity index (χ1v) is 7.61. The summed E-state index contributed by atoms with van der Waals surface area (Å²) in [5, 5.41) is 4.21. The average molecular weight is 301 g/mol. The van der Waals surface area contributed by atoms with Crippen LogP contribution >= 0.6 is 11.6 Å². The molecule has 2 nitrogen and oxygen atoms in total. The second-order valence-corrected chi connectivity index (χ2v) is 5.34. The lowest BCUT2D eigenvalue weighted by atomic mass is 10.1. The number of nitrogens with two attached hydrogens (primary N) is 1. The van der Waals surface area contributed by atoms with E-state index in [-0.39, 0.29) is 0 Å². The number of hydrogen-bond donors (Lipinski definition) is 2. The van der Waals surface area contributed by atoms with Gasteiger partial charge in [-0.2, -0.15) is 0 Å². The van der Waals surface area contributed by atoms with Crippen molar-refractivity contribution in [3.8, 4) is 0 Å². The summed E-state index contributed by atoms with van der Waals surface area (Å²) in [6.07, 6.45) is 6.24. The van der Waals surface area contributed by atoms with Crippen molar-refractivity contribution < 1.29 is 0 Å². The van der Waals surface area contributed by atoms with Gasteiger partial charge in [-0.3, -0.25) is 0 Å². The molecule has 0 atom stereocenters. The summed E-state index contributed by atoms with van der Waals surface area (Å²) in [4.78, 5) is 0. The van der Waals surface area contributed by atoms with Crippen LogP contribution in [0.15, 0.2) is 54.6 Å². The first kappa shape index (κ1) is 15.6. The third-order valence-electron chi connectivity index (χ3n) is 3.21. The fraction of sp³-hybridized carbons (Fsp3) is 0.222. The van der Waals surface area contributed by atoms with Crippen LogP contribution in [0.25, 0.3) is 6.08 Å². The van der Waals surface area contributed by atoms with Crippen LogP contribution in [0.3, 0.4) is 0 Å². The number of benzene rings is 2. The van der Waals surface area contributed by atoms with Crippen LogP contribution in [0.1, 0.15) is 24.0 Å². The molecule has 0 amide bonds. The predicted octanol–water partition coefficient (Wildman–Crippen LogP) is 4.70. The number of anilines is 1. The lowest BCUT2D eigenvalue weighted by Gasteiger charge is -2.10. The number of unbranched alkanes of at least 4 members (excludes halogenated alkanes) is 1. The highest BCUT2D eigenvalue weighted by Crippen LogP contribution is 2.23. The Labute approximate surface area is 131 Å². The van der Waals surface area contributed by atoms with Gasteiger partial charge in [-0.1, -0.05) is 54.1 Å². The lowest BCUT2D eigenvalue weighted by molar-refractivity contribution is 0.857. The van der Waals surface area contributed by atoms with Crippen molar-refractivity contribution in [2.24, 2.45) is 5.73 Å².